The third-order valence-corrected chi connectivity index (χ3v) is 8.26. The molecule has 0 unspecified atom stereocenters. The van der Waals surface area contributed by atoms with Crippen molar-refractivity contribution in [3.8, 4) is 5.75 Å². The predicted molar refractivity (Wildman–Crippen MR) is 160 cm³/mol. The van der Waals surface area contributed by atoms with Crippen LogP contribution in [0.1, 0.15) is 43.5 Å². The number of carbonyl (C=O) groups excluding carboxylic acids is 1. The highest BCUT2D eigenvalue weighted by Crippen LogP contribution is 2.32. The number of para-hydroxylation sites is 1. The van der Waals surface area contributed by atoms with Crippen LogP contribution in [0.5, 0.6) is 5.75 Å². The van der Waals surface area contributed by atoms with Crippen LogP contribution in [0.3, 0.4) is 0 Å². The number of halogens is 1. The zero-order valence-corrected chi connectivity index (χ0v) is 24.7. The minimum atomic E-state index is -0.680. The van der Waals surface area contributed by atoms with Gasteiger partial charge in [-0.25, -0.2) is 14.2 Å². The Morgan fingerprint density at radius 2 is 1.80 bits per heavy atom. The first-order chi connectivity index (χ1) is 19.7. The van der Waals surface area contributed by atoms with Crippen molar-refractivity contribution in [2.45, 2.75) is 44.4 Å². The highest BCUT2D eigenvalue weighted by Gasteiger charge is 2.33. The lowest BCUT2D eigenvalue weighted by atomic mass is 9.96. The van der Waals surface area contributed by atoms with Crippen LogP contribution in [-0.4, -0.2) is 22.9 Å². The summed E-state index contributed by atoms with van der Waals surface area (Å²) in [4.78, 5) is 33.5. The number of fused-ring (bicyclic) bond motifs is 1. The molecule has 1 aliphatic heterocycles. The Morgan fingerprint density at radius 3 is 2.49 bits per heavy atom. The maximum Gasteiger partial charge on any atom is 0.338 e. The molecule has 0 saturated heterocycles. The van der Waals surface area contributed by atoms with Gasteiger partial charge in [0, 0.05) is 10.5 Å². The van der Waals surface area contributed by atoms with Gasteiger partial charge in [-0.2, -0.15) is 0 Å². The predicted octanol–water partition coefficient (Wildman–Crippen LogP) is 5.63. The van der Waals surface area contributed by atoms with Gasteiger partial charge in [-0.15, -0.1) is 11.8 Å². The van der Waals surface area contributed by atoms with Crippen LogP contribution in [0.4, 0.5) is 4.39 Å². The Hall–Kier alpha value is -3.95. The number of ether oxygens (including phenoxy) is 2. The number of nitrogens with zero attached hydrogens (tertiary/aromatic N) is 2. The van der Waals surface area contributed by atoms with Gasteiger partial charge in [0.05, 0.1) is 27.9 Å². The first-order valence-electron chi connectivity index (χ1n) is 13.1. The molecule has 0 saturated carbocycles. The Labute approximate surface area is 245 Å². The van der Waals surface area contributed by atoms with Crippen LogP contribution >= 0.6 is 23.1 Å². The van der Waals surface area contributed by atoms with Crippen molar-refractivity contribution in [3.63, 3.8) is 0 Å². The molecule has 0 spiro atoms. The van der Waals surface area contributed by atoms with E-state index in [4.69, 9.17) is 9.47 Å². The lowest BCUT2D eigenvalue weighted by molar-refractivity contribution is -0.143. The van der Waals surface area contributed by atoms with Gasteiger partial charge in [-0.05, 0) is 74.6 Å². The van der Waals surface area contributed by atoms with Crippen LogP contribution < -0.4 is 19.6 Å². The minimum Gasteiger partial charge on any atom is -0.488 e. The van der Waals surface area contributed by atoms with E-state index in [1.54, 1.807) is 55.3 Å². The number of hydrogen-bond donors (Lipinski definition) is 0. The van der Waals surface area contributed by atoms with Crippen molar-refractivity contribution in [1.82, 2.24) is 4.57 Å². The molecular weight excluding hydrogens is 559 g/mol. The molecule has 2 heterocycles. The molecule has 6 nitrogen and oxygen atoms in total. The van der Waals surface area contributed by atoms with Crippen LogP contribution in [0, 0.1) is 5.82 Å². The maximum atomic E-state index is 14.0. The van der Waals surface area contributed by atoms with E-state index in [0.29, 0.717) is 26.4 Å². The average Bonchev–Trinajstić information content (AvgIpc) is 3.26. The van der Waals surface area contributed by atoms with Crippen LogP contribution in [-0.2, 0) is 16.1 Å². The number of aromatic nitrogens is 1. The van der Waals surface area contributed by atoms with Crippen LogP contribution in [0.2, 0.25) is 0 Å². The van der Waals surface area contributed by atoms with E-state index in [9.17, 15) is 14.0 Å². The molecule has 0 aliphatic carbocycles. The Balaban J connectivity index is 1.59. The zero-order chi connectivity index (χ0) is 29.1. The smallest absolute Gasteiger partial charge is 0.338 e. The lowest BCUT2D eigenvalue weighted by Gasteiger charge is -2.25. The summed E-state index contributed by atoms with van der Waals surface area (Å²) >= 11 is 2.88. The molecule has 9 heteroatoms. The van der Waals surface area contributed by atoms with Crippen LogP contribution in [0.15, 0.2) is 98.7 Å². The fraction of sp³-hybridized carbons (Fsp3) is 0.219. The summed E-state index contributed by atoms with van der Waals surface area (Å²) in [6, 6.07) is 20.7. The van der Waals surface area contributed by atoms with Crippen molar-refractivity contribution >= 4 is 35.1 Å². The normalized spacial score (nSPS) is 15.1. The van der Waals surface area contributed by atoms with E-state index in [1.165, 1.54) is 23.5 Å². The van der Waals surface area contributed by atoms with E-state index in [0.717, 1.165) is 21.6 Å². The second kappa shape index (κ2) is 12.3. The van der Waals surface area contributed by atoms with Gasteiger partial charge in [0.25, 0.3) is 5.56 Å². The number of thioether (sulfide) groups is 1. The van der Waals surface area contributed by atoms with Gasteiger partial charge in [-0.3, -0.25) is 9.36 Å². The van der Waals surface area contributed by atoms with Gasteiger partial charge in [0.2, 0.25) is 0 Å². The number of rotatable bonds is 8. The third kappa shape index (κ3) is 6.21. The molecule has 210 valence electrons. The van der Waals surface area contributed by atoms with Gasteiger partial charge in [0.1, 0.15) is 18.2 Å². The van der Waals surface area contributed by atoms with Crippen molar-refractivity contribution in [2.75, 3.05) is 6.26 Å². The lowest BCUT2D eigenvalue weighted by Crippen LogP contribution is -2.40. The zero-order valence-electron chi connectivity index (χ0n) is 23.1. The average molecular weight is 589 g/mol. The molecule has 1 aliphatic rings. The fourth-order valence-electron chi connectivity index (χ4n) is 4.58. The first-order valence-corrected chi connectivity index (χ1v) is 15.1. The highest BCUT2D eigenvalue weighted by atomic mass is 32.2. The highest BCUT2D eigenvalue weighted by molar-refractivity contribution is 7.98. The molecule has 41 heavy (non-hydrogen) atoms. The number of thiazole rings is 1. The molecule has 0 radical (unpaired) electrons. The number of benzene rings is 3. The standard InChI is InChI=1S/C32H29FN2O4S2/c1-19(2)39-31(37)28-20(3)34-32-35(29(28)22-11-15-25(40-4)16-12-22)30(36)27(41-32)17-23-7-5-6-8-26(23)38-18-21-9-13-24(33)14-10-21/h5-17,19,29H,18H2,1-4H3/b27-17-/t29-/m1/s1. The summed E-state index contributed by atoms with van der Waals surface area (Å²) in [5.41, 5.74) is 2.94. The number of hydrogen-bond acceptors (Lipinski definition) is 7. The molecule has 0 fully saturated rings. The Bertz CT molecular complexity index is 1790. The number of allylic oxidation sites excluding steroid dienone is 1. The number of esters is 1. The van der Waals surface area contributed by atoms with E-state index in [-0.39, 0.29) is 24.1 Å². The topological polar surface area (TPSA) is 69.9 Å². The second-order valence-corrected chi connectivity index (χ2v) is 11.7. The van der Waals surface area contributed by atoms with Crippen molar-refractivity contribution in [2.24, 2.45) is 4.99 Å². The van der Waals surface area contributed by atoms with E-state index >= 15 is 0 Å². The second-order valence-electron chi connectivity index (χ2n) is 9.76. The minimum absolute atomic E-state index is 0.249. The first kappa shape index (κ1) is 28.6. The summed E-state index contributed by atoms with van der Waals surface area (Å²) in [5, 5.41) is 0. The van der Waals surface area contributed by atoms with Crippen molar-refractivity contribution in [1.29, 1.82) is 0 Å². The monoisotopic (exact) mass is 588 g/mol. The van der Waals surface area contributed by atoms with Gasteiger partial charge < -0.3 is 9.47 Å². The van der Waals surface area contributed by atoms with Crippen LogP contribution in [0.25, 0.3) is 6.08 Å². The third-order valence-electron chi connectivity index (χ3n) is 6.53. The summed E-state index contributed by atoms with van der Waals surface area (Å²) < 4.78 is 27.0. The maximum absolute atomic E-state index is 14.0. The molecule has 4 aromatic rings. The SMILES string of the molecule is CSc1ccc([C@@H]2C(C(=O)OC(C)C)=C(C)N=c3s/c(=C\c4ccccc4OCc4ccc(F)cc4)c(=O)n32)cc1. The van der Waals surface area contributed by atoms with E-state index < -0.39 is 12.0 Å². The van der Waals surface area contributed by atoms with Gasteiger partial charge in [0.15, 0.2) is 4.80 Å². The van der Waals surface area contributed by atoms with Crippen molar-refractivity contribution < 1.29 is 18.7 Å². The fourth-order valence-corrected chi connectivity index (χ4v) is 6.02. The molecule has 1 aromatic heterocycles. The summed E-state index contributed by atoms with van der Waals surface area (Å²) in [7, 11) is 0. The van der Waals surface area contributed by atoms with E-state index in [1.807, 2.05) is 54.8 Å². The number of carbonyl (C=O) groups is 1. The quantitative estimate of drug-likeness (QED) is 0.197. The Kier molecular flexibility index (Phi) is 8.56. The summed E-state index contributed by atoms with van der Waals surface area (Å²) in [6.07, 6.45) is 3.45. The Morgan fingerprint density at radius 1 is 1.10 bits per heavy atom. The molecule has 5 rings (SSSR count). The largest absolute Gasteiger partial charge is 0.488 e. The molecule has 3 aromatic carbocycles. The molecule has 0 bridgehead atoms. The summed E-state index contributed by atoms with van der Waals surface area (Å²) in [6.45, 7) is 5.61. The molecule has 0 N–H and O–H groups in total. The van der Waals surface area contributed by atoms with E-state index in [2.05, 4.69) is 4.99 Å². The molecule has 0 amide bonds. The van der Waals surface area contributed by atoms with Gasteiger partial charge >= 0.3 is 5.97 Å². The van der Waals surface area contributed by atoms with Gasteiger partial charge in [-0.1, -0.05) is 53.8 Å². The summed E-state index contributed by atoms with van der Waals surface area (Å²) in [5.74, 6) is -0.211. The molecular formula is C32H29FN2O4S2. The molecule has 1 atom stereocenters. The van der Waals surface area contributed by atoms with Crippen molar-refractivity contribution in [3.05, 3.63) is 126 Å².